The number of esters is 1. The number of ether oxygens (including phenoxy) is 2. The van der Waals surface area contributed by atoms with E-state index in [4.69, 9.17) is 21.1 Å². The van der Waals surface area contributed by atoms with E-state index in [-0.39, 0.29) is 18.0 Å². The SMILES string of the molecule is CCC1CN(Cc2cc(C(c3ccc(N(C)N)c(N)c3C)C(C)(C)C(=O)OC)ccc2C)CCC(C2CC2)O1. The fourth-order valence-corrected chi connectivity index (χ4v) is 6.23. The summed E-state index contributed by atoms with van der Waals surface area (Å²) in [6, 6.07) is 10.6. The van der Waals surface area contributed by atoms with Crippen molar-refractivity contribution in [2.24, 2.45) is 17.2 Å². The maximum absolute atomic E-state index is 13.2. The highest BCUT2D eigenvalue weighted by atomic mass is 16.5. The number of nitrogen functional groups attached to an aromatic ring is 1. The van der Waals surface area contributed by atoms with Crippen molar-refractivity contribution >= 4 is 17.3 Å². The van der Waals surface area contributed by atoms with Gasteiger partial charge in [-0.05, 0) is 93.2 Å². The number of hydrogen-bond acceptors (Lipinski definition) is 7. The molecule has 7 heteroatoms. The Balaban J connectivity index is 1.71. The summed E-state index contributed by atoms with van der Waals surface area (Å²) in [4.78, 5) is 15.7. The summed E-state index contributed by atoms with van der Waals surface area (Å²) in [6.07, 6.45) is 5.43. The Kier molecular flexibility index (Phi) is 8.94. The monoisotopic (exact) mass is 536 g/mol. The van der Waals surface area contributed by atoms with Crippen LogP contribution < -0.4 is 16.6 Å². The summed E-state index contributed by atoms with van der Waals surface area (Å²) in [5, 5.41) is 1.53. The minimum absolute atomic E-state index is 0.251. The van der Waals surface area contributed by atoms with Crippen LogP contribution in [0.5, 0.6) is 0 Å². The number of carbonyl (C=O) groups excluding carboxylic acids is 1. The largest absolute Gasteiger partial charge is 0.469 e. The molecule has 0 radical (unpaired) electrons. The second kappa shape index (κ2) is 11.9. The van der Waals surface area contributed by atoms with Crippen LogP contribution in [0.2, 0.25) is 0 Å². The molecule has 1 aliphatic heterocycles. The predicted molar refractivity (Wildman–Crippen MR) is 159 cm³/mol. The zero-order valence-corrected chi connectivity index (χ0v) is 24.9. The average Bonchev–Trinajstić information content (AvgIpc) is 3.75. The lowest BCUT2D eigenvalue weighted by Gasteiger charge is -2.35. The van der Waals surface area contributed by atoms with Crippen molar-refractivity contribution in [1.82, 2.24) is 4.90 Å². The molecule has 7 nitrogen and oxygen atoms in total. The molecule has 3 unspecified atom stereocenters. The van der Waals surface area contributed by atoms with Crippen molar-refractivity contribution in [3.8, 4) is 0 Å². The molecular weight excluding hydrogens is 488 g/mol. The molecule has 3 atom stereocenters. The number of rotatable bonds is 9. The lowest BCUT2D eigenvalue weighted by molar-refractivity contribution is -0.151. The Bertz CT molecular complexity index is 1170. The van der Waals surface area contributed by atoms with Gasteiger partial charge in [0.15, 0.2) is 0 Å². The van der Waals surface area contributed by atoms with Crippen molar-refractivity contribution < 1.29 is 14.3 Å². The topological polar surface area (TPSA) is 94.1 Å². The van der Waals surface area contributed by atoms with Gasteiger partial charge in [0.2, 0.25) is 0 Å². The van der Waals surface area contributed by atoms with Crippen LogP contribution in [0, 0.1) is 25.2 Å². The molecule has 1 saturated carbocycles. The second-order valence-corrected chi connectivity index (χ2v) is 12.2. The fourth-order valence-electron chi connectivity index (χ4n) is 6.23. The molecule has 0 aromatic heterocycles. The van der Waals surface area contributed by atoms with Gasteiger partial charge >= 0.3 is 5.97 Å². The minimum Gasteiger partial charge on any atom is -0.469 e. The molecule has 2 fully saturated rings. The second-order valence-electron chi connectivity index (χ2n) is 12.2. The molecule has 0 amide bonds. The van der Waals surface area contributed by atoms with Crippen LogP contribution in [0.25, 0.3) is 0 Å². The number of benzene rings is 2. The fraction of sp³-hybridized carbons (Fsp3) is 0.594. The highest BCUT2D eigenvalue weighted by Crippen LogP contribution is 2.45. The molecule has 214 valence electrons. The zero-order valence-electron chi connectivity index (χ0n) is 24.9. The Morgan fingerprint density at radius 3 is 2.54 bits per heavy atom. The van der Waals surface area contributed by atoms with E-state index in [0.717, 1.165) is 60.8 Å². The number of nitrogens with zero attached hydrogens (tertiary/aromatic N) is 2. The van der Waals surface area contributed by atoms with Crippen LogP contribution >= 0.6 is 0 Å². The van der Waals surface area contributed by atoms with Gasteiger partial charge in [-0.1, -0.05) is 31.2 Å². The number of carbonyl (C=O) groups is 1. The van der Waals surface area contributed by atoms with Crippen molar-refractivity contribution in [2.45, 2.75) is 85.0 Å². The van der Waals surface area contributed by atoms with Crippen molar-refractivity contribution in [2.75, 3.05) is 38.0 Å². The first-order valence-corrected chi connectivity index (χ1v) is 14.4. The van der Waals surface area contributed by atoms with Gasteiger partial charge in [-0.2, -0.15) is 0 Å². The Morgan fingerprint density at radius 1 is 1.21 bits per heavy atom. The van der Waals surface area contributed by atoms with Crippen LogP contribution in [-0.4, -0.2) is 50.3 Å². The highest BCUT2D eigenvalue weighted by molar-refractivity contribution is 5.80. The molecule has 2 aliphatic rings. The molecule has 2 aromatic rings. The predicted octanol–water partition coefficient (Wildman–Crippen LogP) is 5.31. The Morgan fingerprint density at radius 2 is 1.92 bits per heavy atom. The first-order chi connectivity index (χ1) is 18.5. The van der Waals surface area contributed by atoms with Crippen LogP contribution in [0.15, 0.2) is 30.3 Å². The van der Waals surface area contributed by atoms with Crippen LogP contribution in [0.4, 0.5) is 11.4 Å². The molecule has 39 heavy (non-hydrogen) atoms. The molecular formula is C32H48N4O3. The van der Waals surface area contributed by atoms with Crippen molar-refractivity contribution in [3.05, 3.63) is 58.1 Å². The number of methoxy groups -OCH3 is 1. The van der Waals surface area contributed by atoms with Crippen LogP contribution in [0.1, 0.15) is 80.2 Å². The van der Waals surface area contributed by atoms with E-state index in [1.807, 2.05) is 26.8 Å². The van der Waals surface area contributed by atoms with Crippen molar-refractivity contribution in [1.29, 1.82) is 0 Å². The maximum Gasteiger partial charge on any atom is 0.312 e. The first-order valence-electron chi connectivity index (χ1n) is 14.4. The van der Waals surface area contributed by atoms with Gasteiger partial charge in [0.25, 0.3) is 0 Å². The van der Waals surface area contributed by atoms with Gasteiger partial charge in [-0.15, -0.1) is 0 Å². The number of aryl methyl sites for hydroxylation is 1. The smallest absolute Gasteiger partial charge is 0.312 e. The standard InChI is InChI=1S/C32H48N4O3/c1-8-25-19-36(16-15-28(39-25)22-11-12-22)18-24-17-23(10-9-20(24)2)29(32(4,5)31(37)38-7)26-13-14-27(35(6)34)30(33)21(26)3/h9-10,13-14,17,22,25,28-29H,8,11-12,15-16,18-19,33-34H2,1-7H3. The first kappa shape index (κ1) is 29.4. The quantitative estimate of drug-likeness (QED) is 0.194. The van der Waals surface area contributed by atoms with E-state index in [0.29, 0.717) is 11.8 Å². The summed E-state index contributed by atoms with van der Waals surface area (Å²) in [5.41, 5.74) is 12.6. The minimum atomic E-state index is -0.824. The maximum atomic E-state index is 13.2. The molecule has 0 bridgehead atoms. The number of hydrogen-bond donors (Lipinski definition) is 2. The van der Waals surface area contributed by atoms with Crippen LogP contribution in [0.3, 0.4) is 0 Å². The summed E-state index contributed by atoms with van der Waals surface area (Å²) in [7, 11) is 3.23. The third-order valence-electron chi connectivity index (χ3n) is 8.92. The molecule has 4 N–H and O–H groups in total. The van der Waals surface area contributed by atoms with E-state index in [1.165, 1.54) is 36.1 Å². The summed E-state index contributed by atoms with van der Waals surface area (Å²) in [6.45, 7) is 13.2. The normalized spacial score (nSPS) is 21.3. The van der Waals surface area contributed by atoms with E-state index < -0.39 is 5.41 Å². The van der Waals surface area contributed by atoms with E-state index >= 15 is 0 Å². The lowest BCUT2D eigenvalue weighted by Crippen LogP contribution is -2.34. The number of nitrogens with two attached hydrogens (primary N) is 2. The number of hydrazine groups is 1. The molecule has 2 aromatic carbocycles. The third kappa shape index (κ3) is 6.26. The van der Waals surface area contributed by atoms with Gasteiger partial charge in [0.05, 0.1) is 36.1 Å². The van der Waals surface area contributed by atoms with Crippen molar-refractivity contribution in [3.63, 3.8) is 0 Å². The third-order valence-corrected chi connectivity index (χ3v) is 8.92. The van der Waals surface area contributed by atoms with Gasteiger partial charge in [0.1, 0.15) is 0 Å². The van der Waals surface area contributed by atoms with E-state index in [9.17, 15) is 4.79 Å². The lowest BCUT2D eigenvalue weighted by atomic mass is 9.69. The van der Waals surface area contributed by atoms with E-state index in [1.54, 1.807) is 7.05 Å². The number of anilines is 2. The van der Waals surface area contributed by atoms with Crippen LogP contribution in [-0.2, 0) is 20.8 Å². The highest BCUT2D eigenvalue weighted by Gasteiger charge is 2.41. The molecule has 1 aliphatic carbocycles. The molecule has 1 saturated heterocycles. The molecule has 1 heterocycles. The molecule has 0 spiro atoms. The van der Waals surface area contributed by atoms with Gasteiger partial charge in [0, 0.05) is 32.6 Å². The average molecular weight is 537 g/mol. The summed E-state index contributed by atoms with van der Waals surface area (Å²) < 4.78 is 11.8. The van der Waals surface area contributed by atoms with Gasteiger partial charge in [-0.3, -0.25) is 9.69 Å². The van der Waals surface area contributed by atoms with Gasteiger partial charge < -0.3 is 20.2 Å². The zero-order chi connectivity index (χ0) is 28.5. The molecule has 4 rings (SSSR count). The Labute approximate surface area is 234 Å². The summed E-state index contributed by atoms with van der Waals surface area (Å²) >= 11 is 0. The van der Waals surface area contributed by atoms with Gasteiger partial charge in [-0.25, -0.2) is 5.84 Å². The Hall–Kier alpha value is -2.61. The van der Waals surface area contributed by atoms with E-state index in [2.05, 4.69) is 43.0 Å². The summed E-state index contributed by atoms with van der Waals surface area (Å²) in [5.74, 6) is 6.28.